The summed E-state index contributed by atoms with van der Waals surface area (Å²) in [7, 11) is 0. The van der Waals surface area contributed by atoms with Crippen molar-refractivity contribution in [3.05, 3.63) is 29.8 Å². The number of thioether (sulfide) groups is 1. The topological polar surface area (TPSA) is 56.7 Å². The molecule has 0 fully saturated rings. The van der Waals surface area contributed by atoms with Crippen LogP contribution in [0, 0.1) is 0 Å². The minimum Gasteiger partial charge on any atom is -0.508 e. The lowest BCUT2D eigenvalue weighted by atomic mass is 10.2. The van der Waals surface area contributed by atoms with Gasteiger partial charge in [0, 0.05) is 13.1 Å². The van der Waals surface area contributed by atoms with E-state index in [1.165, 1.54) is 12.2 Å². The van der Waals surface area contributed by atoms with Crippen LogP contribution < -0.4 is 10.6 Å². The Morgan fingerprint density at radius 2 is 2.10 bits per heavy atom. The minimum atomic E-state index is 0. The summed E-state index contributed by atoms with van der Waals surface area (Å²) in [6, 6.07) is 7.21. The molecule has 0 atom stereocenters. The van der Waals surface area contributed by atoms with Crippen molar-refractivity contribution >= 4 is 41.7 Å². The Balaban J connectivity index is 0.00000400. The Hall–Kier alpha value is -0.630. The molecule has 1 aromatic rings. The summed E-state index contributed by atoms with van der Waals surface area (Å²) in [5.74, 6) is 2.33. The van der Waals surface area contributed by atoms with E-state index in [1.54, 1.807) is 12.1 Å². The van der Waals surface area contributed by atoms with Gasteiger partial charge in [0.2, 0.25) is 0 Å². The predicted molar refractivity (Wildman–Crippen MR) is 104 cm³/mol. The summed E-state index contributed by atoms with van der Waals surface area (Å²) in [5.41, 5.74) is 1.00. The van der Waals surface area contributed by atoms with E-state index < -0.39 is 0 Å². The van der Waals surface area contributed by atoms with Crippen molar-refractivity contribution in [2.45, 2.75) is 26.3 Å². The minimum absolute atomic E-state index is 0. The Kier molecular flexibility index (Phi) is 12.7. The molecule has 3 N–H and O–H groups in total. The highest BCUT2D eigenvalue weighted by Gasteiger charge is 1.98. The molecular weight excluding hydrogens is 397 g/mol. The summed E-state index contributed by atoms with van der Waals surface area (Å²) < 4.78 is 0. The van der Waals surface area contributed by atoms with E-state index in [4.69, 9.17) is 0 Å². The van der Waals surface area contributed by atoms with Crippen LogP contribution in [0.15, 0.2) is 29.3 Å². The van der Waals surface area contributed by atoms with Gasteiger partial charge in [0.05, 0.1) is 6.54 Å². The second kappa shape index (κ2) is 13.1. The lowest BCUT2D eigenvalue weighted by Gasteiger charge is -2.11. The zero-order valence-corrected chi connectivity index (χ0v) is 15.9. The Labute approximate surface area is 149 Å². The molecule has 0 aliphatic rings. The third-order valence-corrected chi connectivity index (χ3v) is 3.44. The number of hydrogen-bond acceptors (Lipinski definition) is 3. The number of benzene rings is 1. The predicted octanol–water partition coefficient (Wildman–Crippen LogP) is 3.21. The molecule has 0 saturated heterocycles. The third kappa shape index (κ3) is 9.84. The molecule has 0 unspecified atom stereocenters. The number of phenols is 1. The van der Waals surface area contributed by atoms with Crippen molar-refractivity contribution in [2.75, 3.05) is 25.1 Å². The number of unbranched alkanes of at least 4 members (excludes halogenated alkanes) is 1. The second-order valence-corrected chi connectivity index (χ2v) is 5.48. The molecule has 0 amide bonds. The third-order valence-electron chi connectivity index (χ3n) is 2.74. The molecule has 1 rings (SSSR count). The van der Waals surface area contributed by atoms with Crippen molar-refractivity contribution in [3.8, 4) is 5.75 Å². The molecular formula is C15H26IN3OS. The molecule has 0 aromatic heterocycles. The Morgan fingerprint density at radius 1 is 1.29 bits per heavy atom. The maximum absolute atomic E-state index is 9.42. The van der Waals surface area contributed by atoms with Crippen molar-refractivity contribution in [1.82, 2.24) is 10.6 Å². The number of guanidine groups is 1. The molecule has 0 aliphatic heterocycles. The molecule has 0 bridgehead atoms. The molecule has 0 heterocycles. The quantitative estimate of drug-likeness (QED) is 0.260. The maximum Gasteiger partial charge on any atom is 0.191 e. The van der Waals surface area contributed by atoms with Crippen molar-refractivity contribution < 1.29 is 5.11 Å². The highest BCUT2D eigenvalue weighted by atomic mass is 127. The normalized spacial score (nSPS) is 10.9. The number of rotatable bonds is 8. The first-order valence-electron chi connectivity index (χ1n) is 7.05. The number of phenolic OH excluding ortho intramolecular Hbond substituents is 1. The van der Waals surface area contributed by atoms with Crippen LogP contribution in [0.4, 0.5) is 0 Å². The summed E-state index contributed by atoms with van der Waals surface area (Å²) in [4.78, 5) is 4.52. The molecule has 0 radical (unpaired) electrons. The second-order valence-electron chi connectivity index (χ2n) is 4.49. The van der Waals surface area contributed by atoms with Gasteiger partial charge in [-0.1, -0.05) is 12.1 Å². The number of halogens is 1. The van der Waals surface area contributed by atoms with Crippen LogP contribution in [0.1, 0.15) is 25.3 Å². The van der Waals surface area contributed by atoms with Crippen molar-refractivity contribution in [1.29, 1.82) is 0 Å². The van der Waals surface area contributed by atoms with Crippen LogP contribution >= 0.6 is 35.7 Å². The zero-order chi connectivity index (χ0) is 14.6. The maximum atomic E-state index is 9.42. The summed E-state index contributed by atoms with van der Waals surface area (Å²) in [6.07, 6.45) is 4.51. The molecule has 120 valence electrons. The summed E-state index contributed by atoms with van der Waals surface area (Å²) in [5, 5.41) is 16.0. The molecule has 0 spiro atoms. The van der Waals surface area contributed by atoms with Crippen LogP contribution in [0.25, 0.3) is 0 Å². The first-order valence-corrected chi connectivity index (χ1v) is 8.44. The first kappa shape index (κ1) is 20.4. The number of hydrogen-bond donors (Lipinski definition) is 3. The molecule has 4 nitrogen and oxygen atoms in total. The summed E-state index contributed by atoms with van der Waals surface area (Å²) in [6.45, 7) is 4.40. The van der Waals surface area contributed by atoms with Gasteiger partial charge in [-0.25, -0.2) is 4.99 Å². The molecule has 0 saturated carbocycles. The first-order chi connectivity index (χ1) is 9.76. The van der Waals surface area contributed by atoms with Crippen LogP contribution in [0.2, 0.25) is 0 Å². The number of nitrogens with one attached hydrogen (secondary N) is 2. The van der Waals surface area contributed by atoms with Gasteiger partial charge in [-0.05, 0) is 49.5 Å². The average molecular weight is 423 g/mol. The van der Waals surface area contributed by atoms with Crippen molar-refractivity contribution in [2.24, 2.45) is 4.99 Å². The van der Waals surface area contributed by atoms with Gasteiger partial charge in [0.1, 0.15) is 5.75 Å². The van der Waals surface area contributed by atoms with Gasteiger partial charge in [-0.15, -0.1) is 24.0 Å². The fourth-order valence-corrected chi connectivity index (χ4v) is 2.24. The van der Waals surface area contributed by atoms with Crippen LogP contribution in [-0.4, -0.2) is 36.2 Å². The fraction of sp³-hybridized carbons (Fsp3) is 0.533. The lowest BCUT2D eigenvalue weighted by Crippen LogP contribution is -2.37. The highest BCUT2D eigenvalue weighted by molar-refractivity contribution is 14.0. The van der Waals surface area contributed by atoms with Gasteiger partial charge in [-0.2, -0.15) is 11.8 Å². The molecule has 21 heavy (non-hydrogen) atoms. The molecule has 6 heteroatoms. The van der Waals surface area contributed by atoms with Crippen LogP contribution in [0.5, 0.6) is 5.75 Å². The molecule has 1 aromatic carbocycles. The Bertz CT molecular complexity index is 416. The van der Waals surface area contributed by atoms with E-state index in [0.717, 1.165) is 31.0 Å². The van der Waals surface area contributed by atoms with E-state index >= 15 is 0 Å². The average Bonchev–Trinajstić information content (AvgIpc) is 2.44. The SMILES string of the molecule is CCNC(=NCc1cccc(O)c1)NCCCCSC.I. The van der Waals surface area contributed by atoms with E-state index in [-0.39, 0.29) is 29.7 Å². The standard InChI is InChI=1S/C15H25N3OS.HI/c1-3-16-15(17-9-4-5-10-20-2)18-12-13-7-6-8-14(19)11-13;/h6-8,11,19H,3-5,9-10,12H2,1-2H3,(H2,16,17,18);1H. The van der Waals surface area contributed by atoms with Gasteiger partial charge < -0.3 is 15.7 Å². The summed E-state index contributed by atoms with van der Waals surface area (Å²) >= 11 is 1.88. The molecule has 0 aliphatic carbocycles. The van der Waals surface area contributed by atoms with Gasteiger partial charge >= 0.3 is 0 Å². The van der Waals surface area contributed by atoms with E-state index in [9.17, 15) is 5.11 Å². The van der Waals surface area contributed by atoms with Gasteiger partial charge in [-0.3, -0.25) is 0 Å². The smallest absolute Gasteiger partial charge is 0.191 e. The van der Waals surface area contributed by atoms with E-state index in [0.29, 0.717) is 6.54 Å². The number of nitrogens with zero attached hydrogens (tertiary/aromatic N) is 1. The van der Waals surface area contributed by atoms with Gasteiger partial charge in [0.15, 0.2) is 5.96 Å². The van der Waals surface area contributed by atoms with E-state index in [2.05, 4.69) is 28.8 Å². The van der Waals surface area contributed by atoms with Crippen LogP contribution in [-0.2, 0) is 6.54 Å². The number of aromatic hydroxyl groups is 1. The van der Waals surface area contributed by atoms with Crippen molar-refractivity contribution in [3.63, 3.8) is 0 Å². The van der Waals surface area contributed by atoms with Gasteiger partial charge in [0.25, 0.3) is 0 Å². The number of aliphatic imine (C=N–C) groups is 1. The van der Waals surface area contributed by atoms with Crippen LogP contribution in [0.3, 0.4) is 0 Å². The zero-order valence-electron chi connectivity index (χ0n) is 12.8. The lowest BCUT2D eigenvalue weighted by molar-refractivity contribution is 0.474. The monoisotopic (exact) mass is 423 g/mol. The fourth-order valence-electron chi connectivity index (χ4n) is 1.75. The largest absolute Gasteiger partial charge is 0.508 e. The highest BCUT2D eigenvalue weighted by Crippen LogP contribution is 2.11. The Morgan fingerprint density at radius 3 is 2.76 bits per heavy atom. The van der Waals surface area contributed by atoms with E-state index in [1.807, 2.05) is 23.9 Å².